The lowest BCUT2D eigenvalue weighted by Gasteiger charge is -2.24. The van der Waals surface area contributed by atoms with E-state index in [1.807, 2.05) is 0 Å². The fraction of sp³-hybridized carbons (Fsp3) is 1.00. The molecular weight excluding hydrogens is 278 g/mol. The third kappa shape index (κ3) is 6.64. The highest BCUT2D eigenvalue weighted by Gasteiger charge is 2.23. The summed E-state index contributed by atoms with van der Waals surface area (Å²) in [4.78, 5) is 0. The second kappa shape index (κ2) is 7.39. The number of sulfone groups is 1. The molecule has 0 aliphatic heterocycles. The Morgan fingerprint density at radius 1 is 1.00 bits per heavy atom. The van der Waals surface area contributed by atoms with Crippen LogP contribution in [0.3, 0.4) is 0 Å². The molecule has 0 atom stereocenters. The van der Waals surface area contributed by atoms with Crippen LogP contribution in [0.25, 0.3) is 0 Å². The van der Waals surface area contributed by atoms with Crippen molar-refractivity contribution in [3.8, 4) is 0 Å². The molecule has 0 heterocycles. The maximum Gasteiger partial charge on any atom is 0.281 e. The number of nitrogens with one attached hydrogen (secondary N) is 1. The van der Waals surface area contributed by atoms with Crippen molar-refractivity contribution in [2.24, 2.45) is 0 Å². The van der Waals surface area contributed by atoms with Crippen molar-refractivity contribution < 1.29 is 16.8 Å². The summed E-state index contributed by atoms with van der Waals surface area (Å²) in [6.45, 7) is 1.09. The van der Waals surface area contributed by atoms with E-state index in [1.165, 1.54) is 18.4 Å². The first-order valence-electron chi connectivity index (χ1n) is 5.61. The van der Waals surface area contributed by atoms with E-state index in [0.29, 0.717) is 13.0 Å². The largest absolute Gasteiger partial charge is 0.320 e. The highest BCUT2D eigenvalue weighted by atomic mass is 32.2. The van der Waals surface area contributed by atoms with Crippen molar-refractivity contribution in [3.05, 3.63) is 0 Å². The topological polar surface area (TPSA) is 86.8 Å². The van der Waals surface area contributed by atoms with Gasteiger partial charge in [-0.05, 0) is 20.0 Å². The van der Waals surface area contributed by atoms with Crippen LogP contribution in [0.15, 0.2) is 0 Å². The fourth-order valence-corrected chi connectivity index (χ4v) is 3.12. The third-order valence-corrected chi connectivity index (χ3v) is 5.33. The average Bonchev–Trinajstić information content (AvgIpc) is 2.24. The van der Waals surface area contributed by atoms with Gasteiger partial charge < -0.3 is 5.32 Å². The minimum Gasteiger partial charge on any atom is -0.320 e. The molecule has 0 aromatic heterocycles. The predicted molar refractivity (Wildman–Crippen MR) is 72.4 cm³/mol. The first-order chi connectivity index (χ1) is 8.11. The molecule has 9 heteroatoms. The molecule has 0 aliphatic rings. The van der Waals surface area contributed by atoms with Gasteiger partial charge in [0.05, 0.1) is 5.75 Å². The molecular formula is C9H23N3O4S2. The molecule has 0 rings (SSSR count). The number of hydrogen-bond acceptors (Lipinski definition) is 5. The van der Waals surface area contributed by atoms with E-state index in [2.05, 4.69) is 5.32 Å². The smallest absolute Gasteiger partial charge is 0.281 e. The molecule has 0 amide bonds. The van der Waals surface area contributed by atoms with Gasteiger partial charge in [0.15, 0.2) is 0 Å². The van der Waals surface area contributed by atoms with E-state index in [9.17, 15) is 16.8 Å². The molecule has 0 unspecified atom stereocenters. The van der Waals surface area contributed by atoms with E-state index in [4.69, 9.17) is 0 Å². The van der Waals surface area contributed by atoms with E-state index in [-0.39, 0.29) is 12.3 Å². The lowest BCUT2D eigenvalue weighted by molar-refractivity contribution is 0.395. The molecule has 0 aromatic carbocycles. The molecule has 0 fully saturated rings. The van der Waals surface area contributed by atoms with Gasteiger partial charge in [-0.3, -0.25) is 0 Å². The van der Waals surface area contributed by atoms with Crippen LogP contribution in [0.4, 0.5) is 0 Å². The van der Waals surface area contributed by atoms with E-state index in [0.717, 1.165) is 17.1 Å². The van der Waals surface area contributed by atoms with Crippen LogP contribution in [0.5, 0.6) is 0 Å². The monoisotopic (exact) mass is 301 g/mol. The molecule has 1 N–H and O–H groups in total. The van der Waals surface area contributed by atoms with Gasteiger partial charge in [-0.15, -0.1) is 0 Å². The third-order valence-electron chi connectivity index (χ3n) is 2.46. The zero-order valence-corrected chi connectivity index (χ0v) is 13.0. The van der Waals surface area contributed by atoms with Crippen molar-refractivity contribution >= 4 is 20.0 Å². The summed E-state index contributed by atoms with van der Waals surface area (Å²) in [5.41, 5.74) is 0. The minimum atomic E-state index is -3.57. The first-order valence-corrected chi connectivity index (χ1v) is 9.07. The first kappa shape index (κ1) is 17.8. The lowest BCUT2D eigenvalue weighted by atomic mass is 10.4. The number of rotatable bonds is 9. The van der Waals surface area contributed by atoms with Crippen molar-refractivity contribution in [3.63, 3.8) is 0 Å². The molecule has 0 aromatic rings. The fourth-order valence-electron chi connectivity index (χ4n) is 1.24. The highest BCUT2D eigenvalue weighted by Crippen LogP contribution is 2.04. The molecule has 18 heavy (non-hydrogen) atoms. The summed E-state index contributed by atoms with van der Waals surface area (Å²) >= 11 is 0. The lowest BCUT2D eigenvalue weighted by Crippen LogP contribution is -2.42. The van der Waals surface area contributed by atoms with E-state index < -0.39 is 20.0 Å². The van der Waals surface area contributed by atoms with Gasteiger partial charge >= 0.3 is 0 Å². The van der Waals surface area contributed by atoms with Crippen molar-refractivity contribution in [2.75, 3.05) is 52.8 Å². The Morgan fingerprint density at radius 3 is 1.94 bits per heavy atom. The Morgan fingerprint density at radius 2 is 1.50 bits per heavy atom. The van der Waals surface area contributed by atoms with Gasteiger partial charge in [-0.1, -0.05) is 0 Å². The van der Waals surface area contributed by atoms with Crippen LogP contribution in [-0.2, 0) is 20.0 Å². The highest BCUT2D eigenvalue weighted by molar-refractivity contribution is 7.90. The van der Waals surface area contributed by atoms with Crippen molar-refractivity contribution in [1.82, 2.24) is 13.9 Å². The molecule has 0 bridgehead atoms. The Labute approximate surface area is 110 Å². The van der Waals surface area contributed by atoms with Crippen molar-refractivity contribution in [2.45, 2.75) is 6.42 Å². The van der Waals surface area contributed by atoms with Crippen molar-refractivity contribution in [1.29, 1.82) is 0 Å². The van der Waals surface area contributed by atoms with Gasteiger partial charge in [0.1, 0.15) is 9.84 Å². The SMILES string of the molecule is CNCCCN(C)S(=O)(=O)N(C)CCS(C)(=O)=O. The van der Waals surface area contributed by atoms with Gasteiger partial charge in [0.25, 0.3) is 10.2 Å². The molecule has 0 saturated carbocycles. The Kier molecular flexibility index (Phi) is 7.30. The van der Waals surface area contributed by atoms with Crippen LogP contribution in [0.1, 0.15) is 6.42 Å². The quantitative estimate of drug-likeness (QED) is 0.538. The number of hydrogen-bond donors (Lipinski definition) is 1. The van der Waals surface area contributed by atoms with Crippen LogP contribution >= 0.6 is 0 Å². The standard InChI is InChI=1S/C9H23N3O4S2/c1-10-6-5-7-11(2)18(15,16)12(3)8-9-17(4,13)14/h10H,5-9H2,1-4H3. The molecule has 110 valence electrons. The summed E-state index contributed by atoms with van der Waals surface area (Å²) in [5.74, 6) is -0.174. The minimum absolute atomic E-state index is 0.0302. The molecule has 0 radical (unpaired) electrons. The second-order valence-corrected chi connectivity index (χ2v) is 8.64. The summed E-state index contributed by atoms with van der Waals surface area (Å²) in [6.07, 6.45) is 1.79. The molecule has 0 aliphatic carbocycles. The normalized spacial score (nSPS) is 13.4. The number of nitrogens with zero attached hydrogens (tertiary/aromatic N) is 2. The van der Waals surface area contributed by atoms with Crippen LogP contribution < -0.4 is 5.32 Å². The average molecular weight is 301 g/mol. The molecule has 0 spiro atoms. The molecule has 0 saturated heterocycles. The summed E-state index contributed by atoms with van der Waals surface area (Å²) in [7, 11) is -2.06. The van der Waals surface area contributed by atoms with E-state index in [1.54, 1.807) is 7.05 Å². The van der Waals surface area contributed by atoms with Crippen LogP contribution in [-0.4, -0.2) is 78.2 Å². The van der Waals surface area contributed by atoms with Crippen LogP contribution in [0, 0.1) is 0 Å². The van der Waals surface area contributed by atoms with Gasteiger partial charge in [-0.2, -0.15) is 17.0 Å². The van der Waals surface area contributed by atoms with Crippen LogP contribution in [0.2, 0.25) is 0 Å². The maximum atomic E-state index is 12.0. The maximum absolute atomic E-state index is 12.0. The van der Waals surface area contributed by atoms with Gasteiger partial charge in [0.2, 0.25) is 0 Å². The summed E-state index contributed by atoms with van der Waals surface area (Å²) < 4.78 is 48.2. The predicted octanol–water partition coefficient (Wildman–Crippen LogP) is -1.25. The van der Waals surface area contributed by atoms with Gasteiger partial charge in [-0.25, -0.2) is 8.42 Å². The summed E-state index contributed by atoms with van der Waals surface area (Å²) in [5, 5.41) is 2.93. The zero-order valence-electron chi connectivity index (χ0n) is 11.4. The zero-order chi connectivity index (χ0) is 14.4. The van der Waals surface area contributed by atoms with Gasteiger partial charge in [0, 0.05) is 33.4 Å². The Hall–Kier alpha value is -0.220. The summed E-state index contributed by atoms with van der Waals surface area (Å²) in [6, 6.07) is 0. The van der Waals surface area contributed by atoms with E-state index >= 15 is 0 Å². The molecule has 7 nitrogen and oxygen atoms in total. The Bertz CT molecular complexity index is 433. The second-order valence-electron chi connectivity index (χ2n) is 4.24. The Balaban J connectivity index is 4.42.